The SMILES string of the molecule is CCCCCCCCCCCC[C@@H](O)[C@@H]1CC[C@H]([C@H](O)CCCCCCCCCCCCC2=C[C@H](C)OC2=O)O1. The van der Waals surface area contributed by atoms with Crippen LogP contribution in [0.25, 0.3) is 0 Å². The van der Waals surface area contributed by atoms with Crippen molar-refractivity contribution in [1.82, 2.24) is 0 Å². The molecule has 40 heavy (non-hydrogen) atoms. The van der Waals surface area contributed by atoms with E-state index in [-0.39, 0.29) is 36.5 Å². The van der Waals surface area contributed by atoms with Crippen molar-refractivity contribution in [2.45, 2.75) is 205 Å². The van der Waals surface area contributed by atoms with E-state index in [0.29, 0.717) is 0 Å². The Kier molecular flexibility index (Phi) is 20.0. The molecule has 1 saturated heterocycles. The fourth-order valence-electron chi connectivity index (χ4n) is 6.37. The van der Waals surface area contributed by atoms with Gasteiger partial charge in [0.05, 0.1) is 24.4 Å². The molecule has 0 aliphatic carbocycles. The van der Waals surface area contributed by atoms with Crippen molar-refractivity contribution in [3.63, 3.8) is 0 Å². The first-order valence-corrected chi connectivity index (χ1v) is 17.4. The number of hydrogen-bond donors (Lipinski definition) is 2. The van der Waals surface area contributed by atoms with Crippen LogP contribution in [0.4, 0.5) is 0 Å². The van der Waals surface area contributed by atoms with Crippen molar-refractivity contribution in [3.8, 4) is 0 Å². The number of carbonyl (C=O) groups is 1. The Bertz CT molecular complexity index is 662. The van der Waals surface area contributed by atoms with Gasteiger partial charge >= 0.3 is 5.97 Å². The summed E-state index contributed by atoms with van der Waals surface area (Å²) in [6.07, 6.45) is 30.5. The molecule has 5 atom stereocenters. The summed E-state index contributed by atoms with van der Waals surface area (Å²) in [6, 6.07) is 0. The van der Waals surface area contributed by atoms with E-state index in [1.165, 1.54) is 109 Å². The highest BCUT2D eigenvalue weighted by atomic mass is 16.5. The molecule has 2 rings (SSSR count). The molecule has 1 fully saturated rings. The van der Waals surface area contributed by atoms with Crippen molar-refractivity contribution < 1.29 is 24.5 Å². The molecule has 2 aliphatic heterocycles. The molecule has 2 heterocycles. The fraction of sp³-hybridized carbons (Fsp3) is 0.914. The number of aliphatic hydroxyl groups excluding tert-OH is 2. The lowest BCUT2D eigenvalue weighted by Crippen LogP contribution is -2.31. The molecule has 2 aliphatic rings. The molecule has 5 nitrogen and oxygen atoms in total. The van der Waals surface area contributed by atoms with Gasteiger partial charge in [-0.3, -0.25) is 0 Å². The van der Waals surface area contributed by atoms with Gasteiger partial charge in [-0.2, -0.15) is 0 Å². The van der Waals surface area contributed by atoms with Gasteiger partial charge in [0.25, 0.3) is 0 Å². The molecule has 2 N–H and O–H groups in total. The largest absolute Gasteiger partial charge is 0.455 e. The fourth-order valence-corrected chi connectivity index (χ4v) is 6.37. The maximum absolute atomic E-state index is 11.6. The molecule has 0 aromatic carbocycles. The lowest BCUT2D eigenvalue weighted by Gasteiger charge is -2.22. The summed E-state index contributed by atoms with van der Waals surface area (Å²) in [5, 5.41) is 21.2. The van der Waals surface area contributed by atoms with Crippen LogP contribution in [0.15, 0.2) is 11.6 Å². The quantitative estimate of drug-likeness (QED) is 0.0809. The summed E-state index contributed by atoms with van der Waals surface area (Å²) in [5.41, 5.74) is 0.870. The van der Waals surface area contributed by atoms with Crippen LogP contribution < -0.4 is 0 Å². The normalized spacial score (nSPS) is 22.4. The van der Waals surface area contributed by atoms with Gasteiger partial charge in [-0.25, -0.2) is 4.79 Å². The highest BCUT2D eigenvalue weighted by Crippen LogP contribution is 2.28. The van der Waals surface area contributed by atoms with Crippen LogP contribution in [0.5, 0.6) is 0 Å². The van der Waals surface area contributed by atoms with E-state index in [1.54, 1.807) is 0 Å². The first kappa shape index (κ1) is 35.3. The van der Waals surface area contributed by atoms with Crippen LogP contribution >= 0.6 is 0 Å². The highest BCUT2D eigenvalue weighted by Gasteiger charge is 2.34. The predicted octanol–water partition coefficient (Wildman–Crippen LogP) is 9.12. The summed E-state index contributed by atoms with van der Waals surface area (Å²) in [6.45, 7) is 4.18. The first-order chi connectivity index (χ1) is 19.5. The van der Waals surface area contributed by atoms with Gasteiger partial charge in [0, 0.05) is 5.57 Å². The van der Waals surface area contributed by atoms with E-state index in [1.807, 2.05) is 13.0 Å². The molecule has 0 amide bonds. The van der Waals surface area contributed by atoms with Crippen LogP contribution in [0, 0.1) is 0 Å². The van der Waals surface area contributed by atoms with E-state index in [0.717, 1.165) is 56.9 Å². The molecule has 234 valence electrons. The smallest absolute Gasteiger partial charge is 0.334 e. The number of unbranched alkanes of at least 4 members (excludes halogenated alkanes) is 18. The number of aliphatic hydroxyl groups is 2. The zero-order valence-corrected chi connectivity index (χ0v) is 26.3. The summed E-state index contributed by atoms with van der Waals surface area (Å²) < 4.78 is 11.2. The molecular weight excluding hydrogens is 500 g/mol. The third kappa shape index (κ3) is 15.9. The second-order valence-electron chi connectivity index (χ2n) is 12.8. The van der Waals surface area contributed by atoms with Gasteiger partial charge in [0.1, 0.15) is 6.10 Å². The summed E-state index contributed by atoms with van der Waals surface area (Å²) >= 11 is 0. The zero-order valence-electron chi connectivity index (χ0n) is 26.3. The Labute approximate surface area is 246 Å². The summed E-state index contributed by atoms with van der Waals surface area (Å²) in [5.74, 6) is -0.117. The summed E-state index contributed by atoms with van der Waals surface area (Å²) in [7, 11) is 0. The average Bonchev–Trinajstić information content (AvgIpc) is 3.56. The van der Waals surface area contributed by atoms with Crippen molar-refractivity contribution in [1.29, 1.82) is 0 Å². The van der Waals surface area contributed by atoms with Gasteiger partial charge in [-0.15, -0.1) is 0 Å². The third-order valence-corrected chi connectivity index (χ3v) is 8.98. The van der Waals surface area contributed by atoms with Crippen LogP contribution in [0.3, 0.4) is 0 Å². The minimum Gasteiger partial charge on any atom is -0.455 e. The summed E-state index contributed by atoms with van der Waals surface area (Å²) in [4.78, 5) is 11.6. The topological polar surface area (TPSA) is 76.0 Å². The first-order valence-electron chi connectivity index (χ1n) is 17.4. The Hall–Kier alpha value is -0.910. The van der Waals surface area contributed by atoms with E-state index in [4.69, 9.17) is 9.47 Å². The monoisotopic (exact) mass is 564 g/mol. The minimum absolute atomic E-state index is 0.0443. The van der Waals surface area contributed by atoms with Gasteiger partial charge in [0.2, 0.25) is 0 Å². The highest BCUT2D eigenvalue weighted by molar-refractivity contribution is 5.90. The van der Waals surface area contributed by atoms with Crippen molar-refractivity contribution in [2.75, 3.05) is 0 Å². The molecule has 0 bridgehead atoms. The van der Waals surface area contributed by atoms with E-state index >= 15 is 0 Å². The number of hydrogen-bond acceptors (Lipinski definition) is 5. The van der Waals surface area contributed by atoms with Crippen LogP contribution in [0.1, 0.15) is 174 Å². The minimum atomic E-state index is -0.389. The number of esters is 1. The van der Waals surface area contributed by atoms with Crippen molar-refractivity contribution in [2.24, 2.45) is 0 Å². The lowest BCUT2D eigenvalue weighted by molar-refractivity contribution is -0.139. The van der Waals surface area contributed by atoms with Crippen molar-refractivity contribution >= 4 is 5.97 Å². The Morgan fingerprint density at radius 1 is 0.675 bits per heavy atom. The molecular formula is C35H64O5. The number of rotatable bonds is 26. The Morgan fingerprint density at radius 2 is 1.07 bits per heavy atom. The van der Waals surface area contributed by atoms with Crippen LogP contribution in [-0.4, -0.2) is 46.7 Å². The molecule has 0 unspecified atom stereocenters. The van der Waals surface area contributed by atoms with Gasteiger partial charge in [-0.05, 0) is 51.5 Å². The van der Waals surface area contributed by atoms with E-state index < -0.39 is 0 Å². The number of carbonyl (C=O) groups excluding carboxylic acids is 1. The zero-order chi connectivity index (χ0) is 28.8. The molecule has 0 spiro atoms. The average molecular weight is 565 g/mol. The Morgan fingerprint density at radius 3 is 1.48 bits per heavy atom. The maximum Gasteiger partial charge on any atom is 0.334 e. The second kappa shape index (κ2) is 22.7. The van der Waals surface area contributed by atoms with E-state index in [9.17, 15) is 15.0 Å². The molecule has 5 heteroatoms. The Balaban J connectivity index is 1.35. The van der Waals surface area contributed by atoms with Gasteiger partial charge in [0.15, 0.2) is 0 Å². The maximum atomic E-state index is 11.6. The molecule has 0 saturated carbocycles. The predicted molar refractivity (Wildman–Crippen MR) is 165 cm³/mol. The second-order valence-corrected chi connectivity index (χ2v) is 12.8. The molecule has 0 radical (unpaired) electrons. The van der Waals surface area contributed by atoms with E-state index in [2.05, 4.69) is 6.92 Å². The number of cyclic esters (lactones) is 1. The van der Waals surface area contributed by atoms with Gasteiger partial charge < -0.3 is 19.7 Å². The number of ether oxygens (including phenoxy) is 2. The molecule has 0 aromatic rings. The lowest BCUT2D eigenvalue weighted by atomic mass is 10.00. The van der Waals surface area contributed by atoms with Gasteiger partial charge in [-0.1, -0.05) is 129 Å². The molecule has 0 aromatic heterocycles. The van der Waals surface area contributed by atoms with Crippen LogP contribution in [-0.2, 0) is 14.3 Å². The standard InChI is InChI=1S/C35H64O5/c1-3-4-5-6-7-8-12-15-18-21-24-31(36)33-26-27-34(40-33)32(37)25-22-19-16-13-10-9-11-14-17-20-23-30-28-29(2)39-35(30)38/h28-29,31-34,36-37H,3-27H2,1-2H3/t29-,31+,32+,33-,34+/m0/s1. The third-order valence-electron chi connectivity index (χ3n) is 8.98. The van der Waals surface area contributed by atoms with Crippen LogP contribution in [0.2, 0.25) is 0 Å². The van der Waals surface area contributed by atoms with Crippen molar-refractivity contribution in [3.05, 3.63) is 11.6 Å².